The molecule has 256 valence electrons. The highest BCUT2D eigenvalue weighted by atomic mass is 32.1. The van der Waals surface area contributed by atoms with Crippen LogP contribution in [0.2, 0.25) is 0 Å². The van der Waals surface area contributed by atoms with Gasteiger partial charge in [0.1, 0.15) is 0 Å². The molecular weight excluding hydrogens is 689 g/mol. The lowest BCUT2D eigenvalue weighted by molar-refractivity contribution is 1.02. The summed E-state index contributed by atoms with van der Waals surface area (Å²) in [4.78, 5) is 10.7. The maximum Gasteiger partial charge on any atom is 0.235 e. The van der Waals surface area contributed by atoms with E-state index >= 15 is 0 Å². The van der Waals surface area contributed by atoms with E-state index in [9.17, 15) is 0 Å². The van der Waals surface area contributed by atoms with Crippen LogP contribution >= 0.6 is 11.3 Å². The number of nitrogens with zero attached hydrogens (tertiary/aromatic N) is 4. The normalized spacial score (nSPS) is 12.0. The third-order valence-corrected chi connectivity index (χ3v) is 12.3. The lowest BCUT2D eigenvalue weighted by Gasteiger charge is -2.13. The molecule has 0 saturated carbocycles. The van der Waals surface area contributed by atoms with Gasteiger partial charge in [-0.05, 0) is 60.2 Å². The molecule has 0 amide bonds. The molecule has 8 aromatic carbocycles. The maximum absolute atomic E-state index is 5.41. The van der Waals surface area contributed by atoms with Crippen LogP contribution in [0, 0.1) is 0 Å². The molecule has 4 heterocycles. The summed E-state index contributed by atoms with van der Waals surface area (Å²) in [5, 5.41) is 8.36. The molecule has 0 spiro atoms. The molecule has 0 N–H and O–H groups in total. The van der Waals surface area contributed by atoms with Gasteiger partial charge in [-0.3, -0.25) is 4.57 Å². The Morgan fingerprint density at radius 2 is 1.04 bits per heavy atom. The first-order valence-electron chi connectivity index (χ1n) is 18.6. The summed E-state index contributed by atoms with van der Waals surface area (Å²) in [5.74, 6) is 0.670. The minimum absolute atomic E-state index is 0.670. The van der Waals surface area contributed by atoms with Crippen LogP contribution in [-0.4, -0.2) is 19.1 Å². The number of thiophene rings is 1. The number of rotatable bonds is 4. The summed E-state index contributed by atoms with van der Waals surface area (Å²) >= 11 is 1.87. The van der Waals surface area contributed by atoms with E-state index in [1.165, 1.54) is 63.9 Å². The van der Waals surface area contributed by atoms with Crippen LogP contribution in [-0.2, 0) is 0 Å². The molecule has 4 aromatic heterocycles. The Kier molecular flexibility index (Phi) is 6.47. The van der Waals surface area contributed by atoms with Crippen molar-refractivity contribution in [3.8, 4) is 34.0 Å². The Labute approximate surface area is 319 Å². The Morgan fingerprint density at radius 1 is 0.418 bits per heavy atom. The minimum atomic E-state index is 0.670. The lowest BCUT2D eigenvalue weighted by atomic mass is 9.97. The molecule has 12 aromatic rings. The number of para-hydroxylation sites is 4. The lowest BCUT2D eigenvalue weighted by Crippen LogP contribution is -2.03. The summed E-state index contributed by atoms with van der Waals surface area (Å²) in [6, 6.07) is 65.2. The van der Waals surface area contributed by atoms with Gasteiger partial charge in [-0.1, -0.05) is 127 Å². The molecular formula is C50H30N4S. The highest BCUT2D eigenvalue weighted by molar-refractivity contribution is 7.26. The number of hydrogen-bond donors (Lipinski definition) is 0. The fourth-order valence-corrected chi connectivity index (χ4v) is 9.98. The average molecular weight is 719 g/mol. The summed E-state index contributed by atoms with van der Waals surface area (Å²) in [5.41, 5.74) is 11.1. The quantitative estimate of drug-likeness (QED) is 0.182. The summed E-state index contributed by atoms with van der Waals surface area (Å²) < 4.78 is 7.21. The highest BCUT2D eigenvalue weighted by Crippen LogP contribution is 2.48. The third kappa shape index (κ3) is 4.45. The van der Waals surface area contributed by atoms with Gasteiger partial charge in [0, 0.05) is 63.9 Å². The van der Waals surface area contributed by atoms with Crippen molar-refractivity contribution in [1.82, 2.24) is 19.1 Å². The molecule has 0 saturated heterocycles. The molecule has 0 aliphatic rings. The van der Waals surface area contributed by atoms with Gasteiger partial charge in [0.25, 0.3) is 0 Å². The van der Waals surface area contributed by atoms with E-state index in [0.29, 0.717) is 5.95 Å². The van der Waals surface area contributed by atoms with E-state index in [2.05, 4.69) is 191 Å². The first-order chi connectivity index (χ1) is 27.3. The average Bonchev–Trinajstić information content (AvgIpc) is 3.91. The van der Waals surface area contributed by atoms with E-state index in [4.69, 9.17) is 9.97 Å². The van der Waals surface area contributed by atoms with Gasteiger partial charge in [0.15, 0.2) is 0 Å². The predicted octanol–water partition coefficient (Wildman–Crippen LogP) is 13.5. The highest BCUT2D eigenvalue weighted by Gasteiger charge is 2.24. The van der Waals surface area contributed by atoms with Crippen molar-refractivity contribution < 1.29 is 0 Å². The second kappa shape index (κ2) is 11.7. The van der Waals surface area contributed by atoms with Crippen LogP contribution < -0.4 is 0 Å². The van der Waals surface area contributed by atoms with Crippen molar-refractivity contribution in [3.63, 3.8) is 0 Å². The SMILES string of the molecule is c1ccc(-c2nc(-n3c4ccccc4c4cc(-c5ccc6c(c5)c5ccccc5n6-c5ccccc5)c5sc6ccccc6c5c43)nc3ccccc23)cc1. The van der Waals surface area contributed by atoms with Crippen LogP contribution in [0.25, 0.3) is 109 Å². The Hall–Kier alpha value is -7.08. The summed E-state index contributed by atoms with van der Waals surface area (Å²) in [6.45, 7) is 0. The number of hydrogen-bond acceptors (Lipinski definition) is 3. The van der Waals surface area contributed by atoms with Crippen molar-refractivity contribution in [2.75, 3.05) is 0 Å². The Bertz CT molecular complexity index is 3480. The Balaban J connectivity index is 1.20. The molecule has 0 bridgehead atoms. The Morgan fingerprint density at radius 3 is 1.84 bits per heavy atom. The third-order valence-electron chi connectivity index (χ3n) is 11.1. The fourth-order valence-electron chi connectivity index (χ4n) is 8.74. The number of aromatic nitrogens is 4. The van der Waals surface area contributed by atoms with Crippen LogP contribution in [0.15, 0.2) is 182 Å². The molecule has 0 atom stereocenters. The van der Waals surface area contributed by atoms with E-state index in [1.54, 1.807) is 0 Å². The van der Waals surface area contributed by atoms with E-state index in [-0.39, 0.29) is 0 Å². The zero-order chi connectivity index (χ0) is 36.0. The second-order valence-electron chi connectivity index (χ2n) is 14.2. The van der Waals surface area contributed by atoms with Crippen molar-refractivity contribution in [2.45, 2.75) is 0 Å². The smallest absolute Gasteiger partial charge is 0.235 e. The van der Waals surface area contributed by atoms with Crippen LogP contribution in [0.1, 0.15) is 0 Å². The van der Waals surface area contributed by atoms with E-state index < -0.39 is 0 Å². The van der Waals surface area contributed by atoms with Crippen LogP contribution in [0.4, 0.5) is 0 Å². The van der Waals surface area contributed by atoms with E-state index in [0.717, 1.165) is 38.9 Å². The second-order valence-corrected chi connectivity index (χ2v) is 15.2. The molecule has 12 rings (SSSR count). The van der Waals surface area contributed by atoms with Crippen molar-refractivity contribution in [3.05, 3.63) is 182 Å². The standard InChI is InChI=1S/C50H30N4S/c1-3-15-31(16-4-1)47-36-21-7-11-23-41(36)51-50(52-47)54-43-25-13-9-20-35(43)40-30-38(49-46(48(40)54)37-22-10-14-26-45(37)55-49)32-27-28-44-39(29-32)34-19-8-12-24-42(34)53(44)33-17-5-2-6-18-33/h1-30H. The zero-order valence-corrected chi connectivity index (χ0v) is 30.3. The summed E-state index contributed by atoms with van der Waals surface area (Å²) in [7, 11) is 0. The van der Waals surface area contributed by atoms with Gasteiger partial charge in [-0.2, -0.15) is 0 Å². The van der Waals surface area contributed by atoms with Crippen molar-refractivity contribution >= 4 is 86.0 Å². The van der Waals surface area contributed by atoms with Crippen molar-refractivity contribution in [1.29, 1.82) is 0 Å². The first-order valence-corrected chi connectivity index (χ1v) is 19.4. The first kappa shape index (κ1) is 30.4. The predicted molar refractivity (Wildman–Crippen MR) is 232 cm³/mol. The molecule has 55 heavy (non-hydrogen) atoms. The van der Waals surface area contributed by atoms with Gasteiger partial charge in [0.2, 0.25) is 5.95 Å². The van der Waals surface area contributed by atoms with Crippen molar-refractivity contribution in [2.24, 2.45) is 0 Å². The fraction of sp³-hybridized carbons (Fsp3) is 0. The van der Waals surface area contributed by atoms with Crippen LogP contribution in [0.3, 0.4) is 0 Å². The molecule has 5 heteroatoms. The van der Waals surface area contributed by atoms with E-state index in [1.807, 2.05) is 11.3 Å². The zero-order valence-electron chi connectivity index (χ0n) is 29.5. The van der Waals surface area contributed by atoms with Gasteiger partial charge < -0.3 is 4.57 Å². The number of benzene rings is 8. The molecule has 0 radical (unpaired) electrons. The van der Waals surface area contributed by atoms with Gasteiger partial charge in [-0.15, -0.1) is 11.3 Å². The molecule has 4 nitrogen and oxygen atoms in total. The largest absolute Gasteiger partial charge is 0.309 e. The minimum Gasteiger partial charge on any atom is -0.309 e. The van der Waals surface area contributed by atoms with Gasteiger partial charge >= 0.3 is 0 Å². The monoisotopic (exact) mass is 718 g/mol. The molecule has 0 fully saturated rings. The maximum atomic E-state index is 5.41. The molecule has 0 unspecified atom stereocenters. The number of fused-ring (bicyclic) bond motifs is 11. The topological polar surface area (TPSA) is 35.6 Å². The summed E-state index contributed by atoms with van der Waals surface area (Å²) in [6.07, 6.45) is 0. The van der Waals surface area contributed by atoms with Crippen LogP contribution in [0.5, 0.6) is 0 Å². The molecule has 0 aliphatic carbocycles. The molecule has 0 aliphatic heterocycles. The van der Waals surface area contributed by atoms with Gasteiger partial charge in [0.05, 0.1) is 33.3 Å². The van der Waals surface area contributed by atoms with Gasteiger partial charge in [-0.25, -0.2) is 9.97 Å².